The van der Waals surface area contributed by atoms with E-state index in [2.05, 4.69) is 31.2 Å². The first kappa shape index (κ1) is 21.2. The number of hydrogen-bond donors (Lipinski definition) is 3. The van der Waals surface area contributed by atoms with Gasteiger partial charge in [-0.1, -0.05) is 24.3 Å². The molecule has 4 nitrogen and oxygen atoms in total. The van der Waals surface area contributed by atoms with E-state index >= 15 is 0 Å². The van der Waals surface area contributed by atoms with E-state index in [1.165, 1.54) is 16.7 Å². The van der Waals surface area contributed by atoms with Crippen molar-refractivity contribution in [2.75, 3.05) is 13.2 Å². The van der Waals surface area contributed by atoms with Gasteiger partial charge in [0.15, 0.2) is 0 Å². The van der Waals surface area contributed by atoms with E-state index in [9.17, 15) is 15.3 Å². The minimum atomic E-state index is -0.826. The van der Waals surface area contributed by atoms with Gasteiger partial charge in [0.05, 0.1) is 30.7 Å². The summed E-state index contributed by atoms with van der Waals surface area (Å²) in [4.78, 5) is 0. The highest BCUT2D eigenvalue weighted by atomic mass is 32.2. The zero-order valence-electron chi connectivity index (χ0n) is 16.8. The minimum Gasteiger partial charge on any atom is -0.494 e. The monoisotopic (exact) mass is 402 g/mol. The Morgan fingerprint density at radius 2 is 1.79 bits per heavy atom. The molecule has 3 rings (SSSR count). The second-order valence-corrected chi connectivity index (χ2v) is 8.99. The van der Waals surface area contributed by atoms with Gasteiger partial charge in [-0.25, -0.2) is 0 Å². The van der Waals surface area contributed by atoms with Crippen molar-refractivity contribution in [3.8, 4) is 5.75 Å². The largest absolute Gasteiger partial charge is 0.494 e. The fourth-order valence-corrected chi connectivity index (χ4v) is 5.38. The van der Waals surface area contributed by atoms with Crippen LogP contribution in [-0.2, 0) is 6.42 Å². The molecule has 3 N–H and O–H groups in total. The van der Waals surface area contributed by atoms with Gasteiger partial charge in [-0.15, -0.1) is 11.8 Å². The highest BCUT2D eigenvalue weighted by Gasteiger charge is 2.37. The summed E-state index contributed by atoms with van der Waals surface area (Å²) >= 11 is 1.56. The Hall–Kier alpha value is -1.53. The van der Waals surface area contributed by atoms with Crippen LogP contribution < -0.4 is 4.74 Å². The molecule has 0 spiro atoms. The molecule has 0 saturated carbocycles. The standard InChI is InChI=1S/C23H30O4S/c1-4-27-18-7-5-16(6-8-18)10-17-11-20(15(3)9-14(17)2)23-22(26)21(25)12-19(13-24)28-23/h5-9,11,19,21-26H,4,10,12-13H2,1-3H3. The molecule has 5 heteroatoms. The van der Waals surface area contributed by atoms with Crippen LogP contribution in [0.1, 0.15) is 46.4 Å². The molecule has 0 radical (unpaired) electrons. The lowest BCUT2D eigenvalue weighted by Crippen LogP contribution is -2.39. The number of hydrogen-bond acceptors (Lipinski definition) is 5. The van der Waals surface area contributed by atoms with Gasteiger partial charge in [0, 0.05) is 5.25 Å². The SMILES string of the molecule is CCOc1ccc(Cc2cc(C3SC(CO)CC(O)C3O)c(C)cc2C)cc1. The van der Waals surface area contributed by atoms with Gasteiger partial charge in [-0.3, -0.25) is 0 Å². The molecule has 1 heterocycles. The number of benzene rings is 2. The molecule has 2 aromatic carbocycles. The first-order chi connectivity index (χ1) is 13.4. The van der Waals surface area contributed by atoms with E-state index < -0.39 is 12.2 Å². The smallest absolute Gasteiger partial charge is 0.119 e. The lowest BCUT2D eigenvalue weighted by atomic mass is 9.90. The molecule has 0 aliphatic carbocycles. The van der Waals surface area contributed by atoms with Crippen LogP contribution in [0.15, 0.2) is 36.4 Å². The zero-order chi connectivity index (χ0) is 20.3. The van der Waals surface area contributed by atoms with Crippen molar-refractivity contribution in [3.63, 3.8) is 0 Å². The Labute approximate surface area is 171 Å². The van der Waals surface area contributed by atoms with Gasteiger partial charge >= 0.3 is 0 Å². The summed E-state index contributed by atoms with van der Waals surface area (Å²) in [5.41, 5.74) is 5.77. The number of aliphatic hydroxyl groups excluding tert-OH is 3. The van der Waals surface area contributed by atoms with Crippen LogP contribution in [0.3, 0.4) is 0 Å². The van der Waals surface area contributed by atoms with Crippen molar-refractivity contribution in [1.29, 1.82) is 0 Å². The maximum atomic E-state index is 10.6. The topological polar surface area (TPSA) is 69.9 Å². The minimum absolute atomic E-state index is 0.00882. The van der Waals surface area contributed by atoms with E-state index in [0.717, 1.165) is 23.3 Å². The van der Waals surface area contributed by atoms with E-state index in [-0.39, 0.29) is 17.1 Å². The number of aliphatic hydroxyl groups is 3. The van der Waals surface area contributed by atoms with Crippen molar-refractivity contribution in [1.82, 2.24) is 0 Å². The lowest BCUT2D eigenvalue weighted by Gasteiger charge is -2.37. The molecule has 2 aromatic rings. The fourth-order valence-electron chi connectivity index (χ4n) is 3.83. The highest BCUT2D eigenvalue weighted by molar-refractivity contribution is 8.00. The van der Waals surface area contributed by atoms with E-state index in [4.69, 9.17) is 4.74 Å². The quantitative estimate of drug-likeness (QED) is 0.689. The van der Waals surface area contributed by atoms with E-state index in [0.29, 0.717) is 13.0 Å². The normalized spacial score (nSPS) is 24.9. The van der Waals surface area contributed by atoms with Gasteiger partial charge < -0.3 is 20.1 Å². The maximum absolute atomic E-state index is 10.6. The molecule has 152 valence electrons. The molecule has 1 aliphatic rings. The Bertz CT molecular complexity index is 790. The third-order valence-electron chi connectivity index (χ3n) is 5.41. The summed E-state index contributed by atoms with van der Waals surface area (Å²) in [6.07, 6.45) is -0.417. The van der Waals surface area contributed by atoms with Crippen LogP contribution >= 0.6 is 11.8 Å². The van der Waals surface area contributed by atoms with Crippen LogP contribution in [0.4, 0.5) is 0 Å². The van der Waals surface area contributed by atoms with E-state index in [1.54, 1.807) is 11.8 Å². The van der Waals surface area contributed by atoms with Crippen molar-refractivity contribution in [2.24, 2.45) is 0 Å². The molecule has 0 aromatic heterocycles. The van der Waals surface area contributed by atoms with Crippen LogP contribution in [0.2, 0.25) is 0 Å². The van der Waals surface area contributed by atoms with Gasteiger partial charge in [0.25, 0.3) is 0 Å². The Kier molecular flexibility index (Phi) is 7.05. The molecule has 4 unspecified atom stereocenters. The van der Waals surface area contributed by atoms with Gasteiger partial charge in [-0.2, -0.15) is 0 Å². The van der Waals surface area contributed by atoms with Crippen molar-refractivity contribution >= 4 is 11.8 Å². The maximum Gasteiger partial charge on any atom is 0.119 e. The third kappa shape index (κ3) is 4.71. The number of aryl methyl sites for hydroxylation is 2. The van der Waals surface area contributed by atoms with Crippen molar-refractivity contribution in [3.05, 3.63) is 64.2 Å². The number of rotatable bonds is 6. The Balaban J connectivity index is 1.87. The van der Waals surface area contributed by atoms with Crippen LogP contribution in [-0.4, -0.2) is 46.0 Å². The van der Waals surface area contributed by atoms with Gasteiger partial charge in [0.1, 0.15) is 5.75 Å². The Morgan fingerprint density at radius 1 is 1.07 bits per heavy atom. The summed E-state index contributed by atoms with van der Waals surface area (Å²) in [5, 5.41) is 30.1. The average Bonchev–Trinajstić information content (AvgIpc) is 2.68. The first-order valence-electron chi connectivity index (χ1n) is 9.87. The lowest BCUT2D eigenvalue weighted by molar-refractivity contribution is 0.00517. The van der Waals surface area contributed by atoms with Gasteiger partial charge in [-0.05, 0) is 73.6 Å². The summed E-state index contributed by atoms with van der Waals surface area (Å²) in [6, 6.07) is 12.5. The molecule has 1 saturated heterocycles. The summed E-state index contributed by atoms with van der Waals surface area (Å²) < 4.78 is 5.52. The average molecular weight is 403 g/mol. The zero-order valence-corrected chi connectivity index (χ0v) is 17.6. The third-order valence-corrected chi connectivity index (χ3v) is 6.96. The molecule has 4 atom stereocenters. The Morgan fingerprint density at radius 3 is 2.43 bits per heavy atom. The van der Waals surface area contributed by atoms with E-state index in [1.807, 2.05) is 26.0 Å². The molecule has 0 amide bonds. The number of ether oxygens (including phenoxy) is 1. The summed E-state index contributed by atoms with van der Waals surface area (Å²) in [5.74, 6) is 0.873. The highest BCUT2D eigenvalue weighted by Crippen LogP contribution is 2.44. The summed E-state index contributed by atoms with van der Waals surface area (Å²) in [7, 11) is 0. The second kappa shape index (κ2) is 9.31. The molecular formula is C23H30O4S. The first-order valence-corrected chi connectivity index (χ1v) is 10.8. The van der Waals surface area contributed by atoms with Crippen LogP contribution in [0.5, 0.6) is 5.75 Å². The number of thioether (sulfide) groups is 1. The van der Waals surface area contributed by atoms with Crippen molar-refractivity contribution < 1.29 is 20.1 Å². The summed E-state index contributed by atoms with van der Waals surface area (Å²) in [6.45, 7) is 6.79. The molecule has 0 bridgehead atoms. The van der Waals surface area contributed by atoms with Gasteiger partial charge in [0.2, 0.25) is 0 Å². The second-order valence-electron chi connectivity index (χ2n) is 7.54. The van der Waals surface area contributed by atoms with Crippen molar-refractivity contribution in [2.45, 2.75) is 56.3 Å². The fraction of sp³-hybridized carbons (Fsp3) is 0.478. The predicted octanol–water partition coefficient (Wildman–Crippen LogP) is 3.55. The van der Waals surface area contributed by atoms with Crippen LogP contribution in [0, 0.1) is 13.8 Å². The molecule has 1 fully saturated rings. The molecular weight excluding hydrogens is 372 g/mol. The van der Waals surface area contributed by atoms with Crippen LogP contribution in [0.25, 0.3) is 0 Å². The predicted molar refractivity (Wildman–Crippen MR) is 114 cm³/mol. The molecule has 28 heavy (non-hydrogen) atoms. The molecule has 1 aliphatic heterocycles.